The van der Waals surface area contributed by atoms with Crippen molar-refractivity contribution in [3.63, 3.8) is 0 Å². The van der Waals surface area contributed by atoms with Crippen LogP contribution in [0.5, 0.6) is 0 Å². The topological polar surface area (TPSA) is 59.8 Å². The van der Waals surface area contributed by atoms with Crippen molar-refractivity contribution in [1.29, 1.82) is 0 Å². The van der Waals surface area contributed by atoms with Gasteiger partial charge in [-0.3, -0.25) is 4.79 Å². The average Bonchev–Trinajstić information content (AvgIpc) is 2.96. The molecule has 0 saturated heterocycles. The molecule has 6 heteroatoms. The van der Waals surface area contributed by atoms with Crippen LogP contribution in [0.3, 0.4) is 0 Å². The molecule has 0 aliphatic rings. The van der Waals surface area contributed by atoms with E-state index in [4.69, 9.17) is 0 Å². The Kier molecular flexibility index (Phi) is 4.09. The van der Waals surface area contributed by atoms with Gasteiger partial charge in [-0.05, 0) is 13.3 Å². The molecule has 0 spiro atoms. The van der Waals surface area contributed by atoms with Crippen LogP contribution in [0.25, 0.3) is 0 Å². The third-order valence-corrected chi connectivity index (χ3v) is 3.12. The van der Waals surface area contributed by atoms with E-state index >= 15 is 0 Å². The van der Waals surface area contributed by atoms with E-state index in [9.17, 15) is 4.79 Å². The summed E-state index contributed by atoms with van der Waals surface area (Å²) in [5.74, 6) is 0.549. The quantitative estimate of drug-likeness (QED) is 0.903. The molecule has 2 aromatic rings. The van der Waals surface area contributed by atoms with Gasteiger partial charge in [0, 0.05) is 18.0 Å². The summed E-state index contributed by atoms with van der Waals surface area (Å²) in [6.45, 7) is 4.86. The summed E-state index contributed by atoms with van der Waals surface area (Å²) >= 11 is 1.41. The molecule has 0 bridgehead atoms. The lowest BCUT2D eigenvalue weighted by Crippen LogP contribution is -2.16. The van der Waals surface area contributed by atoms with E-state index in [0.29, 0.717) is 5.69 Å². The molecule has 1 N–H and O–H groups in total. The highest BCUT2D eigenvalue weighted by Crippen LogP contribution is 2.13. The molecule has 18 heavy (non-hydrogen) atoms. The SMILES string of the molecule is CCCCn1nc(C)cc1NC(=O)c1cscn1. The molecule has 2 rings (SSSR count). The number of aromatic nitrogens is 3. The molecule has 0 aliphatic carbocycles. The minimum absolute atomic E-state index is 0.186. The largest absolute Gasteiger partial charge is 0.305 e. The number of amides is 1. The fourth-order valence-electron chi connectivity index (χ4n) is 1.63. The number of anilines is 1. The average molecular weight is 264 g/mol. The van der Waals surface area contributed by atoms with Crippen LogP contribution < -0.4 is 5.32 Å². The van der Waals surface area contributed by atoms with Gasteiger partial charge in [0.05, 0.1) is 11.2 Å². The zero-order valence-electron chi connectivity index (χ0n) is 10.5. The first kappa shape index (κ1) is 12.8. The zero-order valence-corrected chi connectivity index (χ0v) is 11.3. The number of nitrogens with one attached hydrogen (secondary N) is 1. The van der Waals surface area contributed by atoms with Crippen molar-refractivity contribution in [3.8, 4) is 0 Å². The number of unbranched alkanes of at least 4 members (excludes halogenated alkanes) is 1. The van der Waals surface area contributed by atoms with E-state index in [1.54, 1.807) is 10.9 Å². The first-order chi connectivity index (χ1) is 8.70. The smallest absolute Gasteiger partial charge is 0.276 e. The summed E-state index contributed by atoms with van der Waals surface area (Å²) in [5.41, 5.74) is 3.00. The van der Waals surface area contributed by atoms with Crippen LogP contribution in [0.15, 0.2) is 17.0 Å². The van der Waals surface area contributed by atoms with Gasteiger partial charge in [-0.25, -0.2) is 9.67 Å². The lowest BCUT2D eigenvalue weighted by atomic mass is 10.3. The number of hydrogen-bond acceptors (Lipinski definition) is 4. The lowest BCUT2D eigenvalue weighted by Gasteiger charge is -2.07. The van der Waals surface area contributed by atoms with E-state index in [1.165, 1.54) is 11.3 Å². The van der Waals surface area contributed by atoms with Crippen molar-refractivity contribution >= 4 is 23.1 Å². The molecule has 1 amide bonds. The first-order valence-corrected chi connectivity index (χ1v) is 6.89. The van der Waals surface area contributed by atoms with Crippen molar-refractivity contribution in [2.45, 2.75) is 33.2 Å². The summed E-state index contributed by atoms with van der Waals surface area (Å²) in [6.07, 6.45) is 2.14. The normalized spacial score (nSPS) is 10.6. The molecule has 5 nitrogen and oxygen atoms in total. The number of carbonyl (C=O) groups excluding carboxylic acids is 1. The summed E-state index contributed by atoms with van der Waals surface area (Å²) in [5, 5.41) is 8.95. The second-order valence-electron chi connectivity index (χ2n) is 4.08. The molecule has 0 fully saturated rings. The molecule has 0 aliphatic heterocycles. The van der Waals surface area contributed by atoms with Crippen LogP contribution in [0, 0.1) is 6.92 Å². The van der Waals surface area contributed by atoms with Crippen molar-refractivity contribution in [2.75, 3.05) is 5.32 Å². The molecular formula is C12H16N4OS. The Morgan fingerprint density at radius 1 is 1.56 bits per heavy atom. The summed E-state index contributed by atoms with van der Waals surface area (Å²) in [4.78, 5) is 15.9. The van der Waals surface area contributed by atoms with E-state index < -0.39 is 0 Å². The Hall–Kier alpha value is -1.69. The van der Waals surface area contributed by atoms with Gasteiger partial charge in [-0.1, -0.05) is 13.3 Å². The van der Waals surface area contributed by atoms with Crippen LogP contribution in [0.1, 0.15) is 35.9 Å². The summed E-state index contributed by atoms with van der Waals surface area (Å²) < 4.78 is 1.84. The molecule has 2 heterocycles. The Bertz CT molecular complexity index is 518. The molecular weight excluding hydrogens is 248 g/mol. The second-order valence-corrected chi connectivity index (χ2v) is 4.79. The summed E-state index contributed by atoms with van der Waals surface area (Å²) in [6, 6.07) is 1.87. The third-order valence-electron chi connectivity index (χ3n) is 2.53. The zero-order chi connectivity index (χ0) is 13.0. The summed E-state index contributed by atoms with van der Waals surface area (Å²) in [7, 11) is 0. The highest BCUT2D eigenvalue weighted by atomic mass is 32.1. The van der Waals surface area contributed by atoms with E-state index in [2.05, 4.69) is 22.3 Å². The maximum absolute atomic E-state index is 11.9. The van der Waals surface area contributed by atoms with Crippen LogP contribution in [0.2, 0.25) is 0 Å². The van der Waals surface area contributed by atoms with Crippen LogP contribution >= 0.6 is 11.3 Å². The van der Waals surface area contributed by atoms with Gasteiger partial charge in [0.15, 0.2) is 0 Å². The van der Waals surface area contributed by atoms with Gasteiger partial charge in [-0.2, -0.15) is 5.10 Å². The van der Waals surface area contributed by atoms with Crippen LogP contribution in [-0.4, -0.2) is 20.7 Å². The van der Waals surface area contributed by atoms with E-state index in [-0.39, 0.29) is 5.91 Å². The fourth-order valence-corrected chi connectivity index (χ4v) is 2.16. The monoisotopic (exact) mass is 264 g/mol. The fraction of sp³-hybridized carbons (Fsp3) is 0.417. The van der Waals surface area contributed by atoms with Crippen molar-refractivity contribution < 1.29 is 4.79 Å². The predicted molar refractivity (Wildman–Crippen MR) is 71.9 cm³/mol. The van der Waals surface area contributed by atoms with Crippen LogP contribution in [-0.2, 0) is 6.54 Å². The standard InChI is InChI=1S/C12H16N4OS/c1-3-4-5-16-11(6-9(2)15-16)14-12(17)10-7-18-8-13-10/h6-8H,3-5H2,1-2H3,(H,14,17). The number of thiazole rings is 1. The number of aryl methyl sites for hydroxylation is 2. The first-order valence-electron chi connectivity index (χ1n) is 5.94. The van der Waals surface area contributed by atoms with Gasteiger partial charge in [-0.15, -0.1) is 11.3 Å². The minimum Gasteiger partial charge on any atom is -0.305 e. The predicted octanol–water partition coefficient (Wildman–Crippen LogP) is 2.70. The van der Waals surface area contributed by atoms with Crippen molar-refractivity contribution in [1.82, 2.24) is 14.8 Å². The molecule has 0 saturated carbocycles. The molecule has 0 atom stereocenters. The molecule has 96 valence electrons. The second kappa shape index (κ2) is 5.77. The van der Waals surface area contributed by atoms with E-state index in [1.807, 2.05) is 17.7 Å². The highest BCUT2D eigenvalue weighted by molar-refractivity contribution is 7.07. The molecule has 2 aromatic heterocycles. The maximum atomic E-state index is 11.9. The Morgan fingerprint density at radius 3 is 3.06 bits per heavy atom. The highest BCUT2D eigenvalue weighted by Gasteiger charge is 2.12. The molecule has 0 radical (unpaired) electrons. The van der Waals surface area contributed by atoms with Gasteiger partial charge in [0.1, 0.15) is 11.5 Å². The van der Waals surface area contributed by atoms with Gasteiger partial charge >= 0.3 is 0 Å². The third kappa shape index (κ3) is 2.95. The minimum atomic E-state index is -0.186. The van der Waals surface area contributed by atoms with Crippen molar-refractivity contribution in [2.24, 2.45) is 0 Å². The van der Waals surface area contributed by atoms with E-state index in [0.717, 1.165) is 30.9 Å². The van der Waals surface area contributed by atoms with Crippen molar-refractivity contribution in [3.05, 3.63) is 28.3 Å². The lowest BCUT2D eigenvalue weighted by molar-refractivity contribution is 0.102. The number of carbonyl (C=O) groups is 1. The van der Waals surface area contributed by atoms with Gasteiger partial charge < -0.3 is 5.32 Å². The number of nitrogens with zero attached hydrogens (tertiary/aromatic N) is 3. The Morgan fingerprint density at radius 2 is 2.39 bits per heavy atom. The van der Waals surface area contributed by atoms with Gasteiger partial charge in [0.25, 0.3) is 5.91 Å². The Labute approximate surface area is 110 Å². The van der Waals surface area contributed by atoms with Gasteiger partial charge in [0.2, 0.25) is 0 Å². The number of rotatable bonds is 5. The Balaban J connectivity index is 2.10. The molecule has 0 unspecified atom stereocenters. The number of hydrogen-bond donors (Lipinski definition) is 1. The van der Waals surface area contributed by atoms with Crippen LogP contribution in [0.4, 0.5) is 5.82 Å². The molecule has 0 aromatic carbocycles. The maximum Gasteiger partial charge on any atom is 0.276 e.